The van der Waals surface area contributed by atoms with E-state index < -0.39 is 13.4 Å². The summed E-state index contributed by atoms with van der Waals surface area (Å²) in [7, 11) is -3.19. The largest absolute Gasteiger partial charge is 0.356 e. The van der Waals surface area contributed by atoms with Gasteiger partial charge in [-0.2, -0.15) is 0 Å². The quantitative estimate of drug-likeness (QED) is 0.307. The summed E-state index contributed by atoms with van der Waals surface area (Å²) in [5.41, 5.74) is 2.69. The van der Waals surface area contributed by atoms with E-state index in [2.05, 4.69) is 10.5 Å². The number of amides is 1. The van der Waals surface area contributed by atoms with Crippen molar-refractivity contribution >= 4 is 30.8 Å². The van der Waals surface area contributed by atoms with Gasteiger partial charge in [0.15, 0.2) is 5.76 Å². The lowest BCUT2D eigenvalue weighted by Gasteiger charge is -2.17. The molecule has 176 valence electrons. The Morgan fingerprint density at radius 1 is 1.15 bits per heavy atom. The molecule has 0 spiro atoms. The lowest BCUT2D eigenvalue weighted by Crippen LogP contribution is -2.12. The van der Waals surface area contributed by atoms with E-state index in [-0.39, 0.29) is 23.5 Å². The molecule has 0 unspecified atom stereocenters. The summed E-state index contributed by atoms with van der Waals surface area (Å²) >= 11 is 5.85. The van der Waals surface area contributed by atoms with Crippen molar-refractivity contribution in [3.63, 3.8) is 0 Å². The summed E-state index contributed by atoms with van der Waals surface area (Å²) in [5, 5.41) is 6.60. The fourth-order valence-corrected chi connectivity index (χ4v) is 5.11. The Morgan fingerprint density at radius 3 is 2.48 bits per heavy atom. The molecular weight excluding hydrogens is 470 g/mol. The highest BCUT2D eigenvalue weighted by atomic mass is 35.5. The summed E-state index contributed by atoms with van der Waals surface area (Å²) in [6, 6.07) is 11.3. The summed E-state index contributed by atoms with van der Waals surface area (Å²) in [6.07, 6.45) is 2.26. The van der Waals surface area contributed by atoms with Crippen LogP contribution in [0.15, 0.2) is 53.2 Å². The van der Waals surface area contributed by atoms with Crippen LogP contribution in [0.4, 0.5) is 10.1 Å². The van der Waals surface area contributed by atoms with Gasteiger partial charge in [0.2, 0.25) is 5.91 Å². The molecule has 0 aliphatic heterocycles. The summed E-state index contributed by atoms with van der Waals surface area (Å²) in [6.45, 7) is 4.13. The average Bonchev–Trinajstić information content (AvgIpc) is 3.24. The maximum absolute atomic E-state index is 13.4. The van der Waals surface area contributed by atoms with Gasteiger partial charge >= 0.3 is 7.60 Å². The second-order valence-corrected chi connectivity index (χ2v) is 9.62. The number of aromatic nitrogens is 1. The van der Waals surface area contributed by atoms with Crippen molar-refractivity contribution < 1.29 is 27.3 Å². The van der Waals surface area contributed by atoms with Gasteiger partial charge in [0.05, 0.1) is 30.6 Å². The van der Waals surface area contributed by atoms with Crippen LogP contribution < -0.4 is 5.32 Å². The van der Waals surface area contributed by atoms with Crippen LogP contribution in [0.5, 0.6) is 0 Å². The van der Waals surface area contributed by atoms with Crippen LogP contribution in [0.25, 0.3) is 11.3 Å². The first-order chi connectivity index (χ1) is 15.8. The molecule has 0 radical (unpaired) electrons. The molecule has 1 N–H and O–H groups in total. The molecule has 1 amide bonds. The molecule has 2 aromatic carbocycles. The molecule has 1 heterocycles. The van der Waals surface area contributed by atoms with E-state index in [1.807, 2.05) is 0 Å². The third kappa shape index (κ3) is 6.98. The zero-order valence-corrected chi connectivity index (χ0v) is 20.0. The number of carbonyl (C=O) groups excluding carboxylic acids is 1. The molecular formula is C23H25ClFN2O5P. The number of hydrogen-bond donors (Lipinski definition) is 1. The monoisotopic (exact) mass is 494 g/mol. The van der Waals surface area contributed by atoms with Crippen molar-refractivity contribution in [1.29, 1.82) is 0 Å². The maximum atomic E-state index is 13.4. The molecule has 7 nitrogen and oxygen atoms in total. The molecule has 10 heteroatoms. The minimum Gasteiger partial charge on any atom is -0.356 e. The second-order valence-electron chi connectivity index (χ2n) is 7.16. The molecule has 3 aromatic rings. The molecule has 0 saturated heterocycles. The SMILES string of the molecule is CCOP(=O)(Cc1ccc(NC(=O)CCc2cnoc2-c2ccc(F)c(Cl)c2)cc1)OCC. The van der Waals surface area contributed by atoms with Gasteiger partial charge in [0, 0.05) is 23.2 Å². The van der Waals surface area contributed by atoms with E-state index in [0.29, 0.717) is 42.2 Å². The molecule has 3 rings (SSSR count). The fourth-order valence-electron chi connectivity index (χ4n) is 3.22. The Balaban J connectivity index is 1.57. The Bertz CT molecular complexity index is 1130. The van der Waals surface area contributed by atoms with E-state index in [0.717, 1.165) is 5.56 Å². The van der Waals surface area contributed by atoms with Crippen LogP contribution in [0.2, 0.25) is 5.02 Å². The van der Waals surface area contributed by atoms with Crippen LogP contribution in [0, 0.1) is 5.82 Å². The average molecular weight is 495 g/mol. The molecule has 0 aliphatic rings. The van der Waals surface area contributed by atoms with Gasteiger partial charge in [-0.3, -0.25) is 9.36 Å². The molecule has 0 bridgehead atoms. The van der Waals surface area contributed by atoms with Crippen molar-refractivity contribution in [3.05, 3.63) is 70.6 Å². The van der Waals surface area contributed by atoms with Crippen LogP contribution in [-0.4, -0.2) is 24.3 Å². The van der Waals surface area contributed by atoms with Gasteiger partial charge in [-0.25, -0.2) is 4.39 Å². The summed E-state index contributed by atoms with van der Waals surface area (Å²) < 4.78 is 42.0. The number of halogens is 2. The van der Waals surface area contributed by atoms with Gasteiger partial charge in [-0.05, 0) is 56.2 Å². The predicted molar refractivity (Wildman–Crippen MR) is 125 cm³/mol. The van der Waals surface area contributed by atoms with E-state index in [1.165, 1.54) is 18.3 Å². The minimum absolute atomic E-state index is 0.0186. The first-order valence-electron chi connectivity index (χ1n) is 10.5. The van der Waals surface area contributed by atoms with E-state index in [1.54, 1.807) is 44.2 Å². The van der Waals surface area contributed by atoms with Crippen molar-refractivity contribution in [1.82, 2.24) is 5.16 Å². The number of carbonyl (C=O) groups is 1. The Labute approximate surface area is 196 Å². The van der Waals surface area contributed by atoms with Crippen LogP contribution in [-0.2, 0) is 31.0 Å². The second kappa shape index (κ2) is 11.6. The zero-order valence-electron chi connectivity index (χ0n) is 18.3. The highest BCUT2D eigenvalue weighted by Gasteiger charge is 2.24. The maximum Gasteiger partial charge on any atom is 0.335 e. The molecule has 33 heavy (non-hydrogen) atoms. The number of nitrogens with zero attached hydrogens (tertiary/aromatic N) is 1. The Kier molecular flexibility index (Phi) is 8.80. The highest BCUT2D eigenvalue weighted by Crippen LogP contribution is 2.51. The van der Waals surface area contributed by atoms with Crippen molar-refractivity contribution in [2.75, 3.05) is 18.5 Å². The number of aryl methyl sites for hydroxylation is 1. The first-order valence-corrected chi connectivity index (χ1v) is 12.6. The van der Waals surface area contributed by atoms with Gasteiger partial charge in [0.25, 0.3) is 0 Å². The third-order valence-electron chi connectivity index (χ3n) is 4.71. The molecule has 0 fully saturated rings. The summed E-state index contributed by atoms with van der Waals surface area (Å²) in [5.74, 6) is -0.270. The number of anilines is 1. The third-order valence-corrected chi connectivity index (χ3v) is 7.06. The molecule has 1 aromatic heterocycles. The molecule has 0 aliphatic carbocycles. The molecule has 0 saturated carbocycles. The summed E-state index contributed by atoms with van der Waals surface area (Å²) in [4.78, 5) is 12.4. The smallest absolute Gasteiger partial charge is 0.335 e. The van der Waals surface area contributed by atoms with E-state index in [9.17, 15) is 13.8 Å². The number of hydrogen-bond acceptors (Lipinski definition) is 6. The number of benzene rings is 2. The van der Waals surface area contributed by atoms with Gasteiger partial charge < -0.3 is 18.9 Å². The standard InChI is InChI=1S/C23H25ClFN2O5P/c1-3-30-33(29,31-4-2)15-16-5-9-19(10-6-16)27-22(28)12-8-18-14-26-32-23(18)17-7-11-21(25)20(24)13-17/h5-7,9-11,13-14H,3-4,8,12,15H2,1-2H3,(H,27,28). The van der Waals surface area contributed by atoms with Gasteiger partial charge in [-0.1, -0.05) is 28.9 Å². The van der Waals surface area contributed by atoms with Crippen molar-refractivity contribution in [2.24, 2.45) is 0 Å². The predicted octanol–water partition coefficient (Wildman–Crippen LogP) is 6.47. The number of nitrogens with one attached hydrogen (secondary N) is 1. The first kappa shape index (κ1) is 25.1. The van der Waals surface area contributed by atoms with Crippen molar-refractivity contribution in [3.8, 4) is 11.3 Å². The van der Waals surface area contributed by atoms with Crippen molar-refractivity contribution in [2.45, 2.75) is 32.9 Å². The zero-order chi connectivity index (χ0) is 23.8. The van der Waals surface area contributed by atoms with Gasteiger partial charge in [-0.15, -0.1) is 0 Å². The highest BCUT2D eigenvalue weighted by molar-refractivity contribution is 7.53. The minimum atomic E-state index is -3.19. The lowest BCUT2D eigenvalue weighted by molar-refractivity contribution is -0.116. The normalized spacial score (nSPS) is 11.5. The van der Waals surface area contributed by atoms with Crippen LogP contribution in [0.3, 0.4) is 0 Å². The van der Waals surface area contributed by atoms with E-state index >= 15 is 0 Å². The van der Waals surface area contributed by atoms with Gasteiger partial charge in [0.1, 0.15) is 5.82 Å². The fraction of sp³-hybridized carbons (Fsp3) is 0.304. The molecule has 0 atom stereocenters. The topological polar surface area (TPSA) is 90.7 Å². The van der Waals surface area contributed by atoms with E-state index in [4.69, 9.17) is 25.2 Å². The number of rotatable bonds is 11. The van der Waals surface area contributed by atoms with Crippen LogP contribution in [0.1, 0.15) is 31.4 Å². The lowest BCUT2D eigenvalue weighted by atomic mass is 10.1. The Hall–Kier alpha value is -2.51. The van der Waals surface area contributed by atoms with Crippen LogP contribution >= 0.6 is 19.2 Å². The Morgan fingerprint density at radius 2 is 1.85 bits per heavy atom.